The Labute approximate surface area is 259 Å². The van der Waals surface area contributed by atoms with Crippen molar-refractivity contribution in [3.8, 4) is 16.9 Å². The van der Waals surface area contributed by atoms with Gasteiger partial charge in [-0.25, -0.2) is 0 Å². The van der Waals surface area contributed by atoms with Gasteiger partial charge in [0.2, 0.25) is 5.91 Å². The quantitative estimate of drug-likeness (QED) is 0.127. The van der Waals surface area contributed by atoms with E-state index in [1.807, 2.05) is 36.3 Å². The number of aromatic nitrogens is 1. The molecule has 0 saturated heterocycles. The molecule has 2 aromatic carbocycles. The van der Waals surface area contributed by atoms with E-state index in [1.54, 1.807) is 6.92 Å². The Morgan fingerprint density at radius 1 is 1.10 bits per heavy atom. The van der Waals surface area contributed by atoms with Crippen LogP contribution in [0.2, 0.25) is 5.02 Å². The predicted octanol–water partition coefficient (Wildman–Crippen LogP) is 7.48. The van der Waals surface area contributed by atoms with Gasteiger partial charge in [-0.2, -0.15) is 0 Å². The highest BCUT2D eigenvalue weighted by atomic mass is 35.5. The van der Waals surface area contributed by atoms with Crippen molar-refractivity contribution >= 4 is 29.3 Å². The number of pyridine rings is 1. The first-order valence-corrected chi connectivity index (χ1v) is 16.5. The van der Waals surface area contributed by atoms with E-state index in [4.69, 9.17) is 21.1 Å². The summed E-state index contributed by atoms with van der Waals surface area (Å²) in [6.45, 7) is 4.83. The standard InChI is InChI=1S/C34H42ClN3O3S/c1-25(39)37-17-7-20-38(2)19-5-6-21-42-28-12-13-32(35)26(22-28)24-40-34(15-16-34)31-23-36-18-14-29(31)30-8-3-4-9-33(30)41-27-10-11-27/h3-4,8-9,12-14,18,22-23,27H,5-7,10-11,15-17,19-21,24H2,1-2H3,(H,37,39). The van der Waals surface area contributed by atoms with Gasteiger partial charge in [0.05, 0.1) is 18.3 Å². The summed E-state index contributed by atoms with van der Waals surface area (Å²) < 4.78 is 12.9. The number of ether oxygens (including phenoxy) is 2. The van der Waals surface area contributed by atoms with E-state index in [9.17, 15) is 4.79 Å². The minimum absolute atomic E-state index is 0.0392. The highest BCUT2D eigenvalue weighted by Gasteiger charge is 2.47. The molecule has 224 valence electrons. The third-order valence-electron chi connectivity index (χ3n) is 7.83. The van der Waals surface area contributed by atoms with Gasteiger partial charge in [0.25, 0.3) is 0 Å². The van der Waals surface area contributed by atoms with Gasteiger partial charge < -0.3 is 19.7 Å². The Bertz CT molecular complexity index is 1350. The average Bonchev–Trinajstić information content (AvgIpc) is 3.93. The van der Waals surface area contributed by atoms with Crippen molar-refractivity contribution in [2.24, 2.45) is 0 Å². The van der Waals surface area contributed by atoms with E-state index < -0.39 is 0 Å². The molecule has 3 aromatic rings. The van der Waals surface area contributed by atoms with Crippen LogP contribution in [-0.2, 0) is 21.7 Å². The van der Waals surface area contributed by atoms with Crippen LogP contribution in [0.5, 0.6) is 5.75 Å². The number of unbranched alkanes of at least 4 members (excludes halogenated alkanes) is 1. The summed E-state index contributed by atoms with van der Waals surface area (Å²) in [7, 11) is 2.15. The summed E-state index contributed by atoms with van der Waals surface area (Å²) in [5, 5.41) is 3.60. The van der Waals surface area contributed by atoms with Gasteiger partial charge in [-0.1, -0.05) is 29.8 Å². The van der Waals surface area contributed by atoms with Crippen LogP contribution in [0.15, 0.2) is 65.8 Å². The molecule has 2 saturated carbocycles. The van der Waals surface area contributed by atoms with Gasteiger partial charge in [-0.3, -0.25) is 9.78 Å². The molecule has 2 aliphatic rings. The molecule has 2 aliphatic carbocycles. The SMILES string of the molecule is CC(=O)NCCCN(C)CCCCSc1ccc(Cl)c(COC2(c3cnccc3-c3ccccc3OC3CC3)CC2)c1. The van der Waals surface area contributed by atoms with Crippen LogP contribution in [-0.4, -0.2) is 54.3 Å². The van der Waals surface area contributed by atoms with Crippen LogP contribution in [0, 0.1) is 0 Å². The van der Waals surface area contributed by atoms with Gasteiger partial charge >= 0.3 is 0 Å². The zero-order valence-corrected chi connectivity index (χ0v) is 26.3. The highest BCUT2D eigenvalue weighted by Crippen LogP contribution is 2.53. The second kappa shape index (κ2) is 14.7. The van der Waals surface area contributed by atoms with Crippen molar-refractivity contribution in [1.82, 2.24) is 15.2 Å². The number of thioether (sulfide) groups is 1. The first-order chi connectivity index (χ1) is 20.4. The lowest BCUT2D eigenvalue weighted by molar-refractivity contribution is -0.118. The van der Waals surface area contributed by atoms with E-state index in [0.717, 1.165) is 103 Å². The van der Waals surface area contributed by atoms with Crippen molar-refractivity contribution in [3.05, 3.63) is 77.1 Å². The summed E-state index contributed by atoms with van der Waals surface area (Å²) in [6, 6.07) is 16.7. The number of carbonyl (C=O) groups is 1. The number of hydrogen-bond donors (Lipinski definition) is 1. The summed E-state index contributed by atoms with van der Waals surface area (Å²) >= 11 is 8.51. The monoisotopic (exact) mass is 607 g/mol. The number of amides is 1. The number of benzene rings is 2. The molecular weight excluding hydrogens is 566 g/mol. The van der Waals surface area contributed by atoms with Crippen LogP contribution >= 0.6 is 23.4 Å². The summed E-state index contributed by atoms with van der Waals surface area (Å²) in [5.41, 5.74) is 4.03. The maximum atomic E-state index is 11.0. The first kappa shape index (κ1) is 30.9. The molecule has 0 bridgehead atoms. The second-order valence-electron chi connectivity index (χ2n) is 11.5. The number of rotatable bonds is 17. The molecule has 5 rings (SSSR count). The molecule has 2 fully saturated rings. The molecule has 0 radical (unpaired) electrons. The van der Waals surface area contributed by atoms with Crippen molar-refractivity contribution in [2.45, 2.75) is 75.1 Å². The largest absolute Gasteiger partial charge is 0.490 e. The Morgan fingerprint density at radius 2 is 1.90 bits per heavy atom. The molecular formula is C34H42ClN3O3S. The van der Waals surface area contributed by atoms with Gasteiger partial charge in [-0.05, 0) is 112 Å². The third kappa shape index (κ3) is 8.73. The van der Waals surface area contributed by atoms with Crippen molar-refractivity contribution in [2.75, 3.05) is 32.4 Å². The van der Waals surface area contributed by atoms with Gasteiger partial charge in [0.15, 0.2) is 0 Å². The fourth-order valence-electron chi connectivity index (χ4n) is 5.12. The summed E-state index contributed by atoms with van der Waals surface area (Å²) in [5.74, 6) is 2.04. The lowest BCUT2D eigenvalue weighted by Gasteiger charge is -2.22. The number of hydrogen-bond acceptors (Lipinski definition) is 6. The van der Waals surface area contributed by atoms with Crippen LogP contribution in [0.25, 0.3) is 11.1 Å². The van der Waals surface area contributed by atoms with Crippen LogP contribution in [0.1, 0.15) is 63.0 Å². The number of carbonyl (C=O) groups excluding carboxylic acids is 1. The molecule has 0 unspecified atom stereocenters. The van der Waals surface area contributed by atoms with Gasteiger partial charge in [0, 0.05) is 46.9 Å². The molecule has 1 N–H and O–H groups in total. The maximum absolute atomic E-state index is 11.0. The van der Waals surface area contributed by atoms with Gasteiger partial charge in [0.1, 0.15) is 5.75 Å². The Kier molecular flexibility index (Phi) is 10.8. The van der Waals surface area contributed by atoms with Crippen molar-refractivity contribution in [3.63, 3.8) is 0 Å². The lowest BCUT2D eigenvalue weighted by Crippen LogP contribution is -2.27. The van der Waals surface area contributed by atoms with E-state index in [2.05, 4.69) is 58.6 Å². The zero-order valence-electron chi connectivity index (χ0n) is 24.7. The molecule has 1 aromatic heterocycles. The molecule has 0 aliphatic heterocycles. The smallest absolute Gasteiger partial charge is 0.216 e. The molecule has 0 spiro atoms. The maximum Gasteiger partial charge on any atom is 0.216 e. The molecule has 6 nitrogen and oxygen atoms in total. The van der Waals surface area contributed by atoms with Gasteiger partial charge in [-0.15, -0.1) is 11.8 Å². The Morgan fingerprint density at radius 3 is 2.69 bits per heavy atom. The first-order valence-electron chi connectivity index (χ1n) is 15.1. The number of halogens is 1. The number of para-hydroxylation sites is 1. The van der Waals surface area contributed by atoms with Crippen LogP contribution < -0.4 is 10.1 Å². The second-order valence-corrected chi connectivity index (χ2v) is 13.0. The normalized spacial score (nSPS) is 15.5. The molecule has 1 heterocycles. The highest BCUT2D eigenvalue weighted by molar-refractivity contribution is 7.99. The van der Waals surface area contributed by atoms with E-state index in [0.29, 0.717) is 12.7 Å². The Hall–Kier alpha value is -2.58. The predicted molar refractivity (Wildman–Crippen MR) is 171 cm³/mol. The molecule has 1 amide bonds. The number of nitrogens with zero attached hydrogens (tertiary/aromatic N) is 2. The van der Waals surface area contributed by atoms with Crippen molar-refractivity contribution < 1.29 is 14.3 Å². The van der Waals surface area contributed by atoms with E-state index in [1.165, 1.54) is 4.90 Å². The average molecular weight is 608 g/mol. The fraction of sp³-hybridized carbons (Fsp3) is 0.471. The van der Waals surface area contributed by atoms with Crippen LogP contribution in [0.4, 0.5) is 0 Å². The van der Waals surface area contributed by atoms with Crippen LogP contribution in [0.3, 0.4) is 0 Å². The zero-order chi connectivity index (χ0) is 29.4. The molecule has 0 atom stereocenters. The fourth-order valence-corrected chi connectivity index (χ4v) is 6.27. The number of nitrogens with one attached hydrogen (secondary N) is 1. The summed E-state index contributed by atoms with van der Waals surface area (Å²) in [4.78, 5) is 19.0. The van der Waals surface area contributed by atoms with E-state index in [-0.39, 0.29) is 11.5 Å². The van der Waals surface area contributed by atoms with E-state index >= 15 is 0 Å². The molecule has 8 heteroatoms. The molecule has 42 heavy (non-hydrogen) atoms. The third-order valence-corrected chi connectivity index (χ3v) is 9.27. The minimum atomic E-state index is -0.350. The van der Waals surface area contributed by atoms with Crippen molar-refractivity contribution in [1.29, 1.82) is 0 Å². The Balaban J connectivity index is 1.14. The lowest BCUT2D eigenvalue weighted by atomic mass is 9.96. The summed E-state index contributed by atoms with van der Waals surface area (Å²) in [6.07, 6.45) is 11.6. The topological polar surface area (TPSA) is 63.7 Å². The minimum Gasteiger partial charge on any atom is -0.490 e.